The molecule has 1 unspecified atom stereocenters. The van der Waals surface area contributed by atoms with Gasteiger partial charge in [0.05, 0.1) is 6.54 Å². The number of hydrogen-bond donors (Lipinski definition) is 3. The summed E-state index contributed by atoms with van der Waals surface area (Å²) in [4.78, 5) is 24.4. The van der Waals surface area contributed by atoms with Gasteiger partial charge < -0.3 is 15.5 Å². The Balaban J connectivity index is 2.48. The number of carbonyl (C=O) groups excluding carboxylic acids is 2. The summed E-state index contributed by atoms with van der Waals surface area (Å²) in [7, 11) is 0. The van der Waals surface area contributed by atoms with Gasteiger partial charge in [0.25, 0.3) is 11.8 Å². The van der Waals surface area contributed by atoms with E-state index in [1.54, 1.807) is 0 Å². The molecule has 0 radical (unpaired) electrons. The van der Waals surface area contributed by atoms with Gasteiger partial charge in [0.15, 0.2) is 13.1 Å². The van der Waals surface area contributed by atoms with Crippen LogP contribution in [0.1, 0.15) is 13.8 Å². The standard InChI is InChI=1S/C14H20IN3O2/c1-3-16-13(19)9-18(4-2)10-14(20)17-12-7-5-6-11(15)8-12/h5-8H,3-4,9-10H2,1-2H3,(H,16,19)(H,17,20)/p+1. The SMILES string of the molecule is CCNC(=O)C[NH+](CC)CC(=O)Nc1cccc(I)c1. The van der Waals surface area contributed by atoms with Crippen LogP contribution in [0.5, 0.6) is 0 Å². The molecule has 5 nitrogen and oxygen atoms in total. The van der Waals surface area contributed by atoms with Crippen molar-refractivity contribution in [2.45, 2.75) is 13.8 Å². The summed E-state index contributed by atoms with van der Waals surface area (Å²) in [5.74, 6) is -0.0976. The van der Waals surface area contributed by atoms with E-state index in [1.807, 2.05) is 38.1 Å². The van der Waals surface area contributed by atoms with E-state index in [9.17, 15) is 9.59 Å². The molecular weight excluding hydrogens is 369 g/mol. The van der Waals surface area contributed by atoms with Gasteiger partial charge in [0.2, 0.25) is 0 Å². The van der Waals surface area contributed by atoms with Gasteiger partial charge in [-0.3, -0.25) is 9.59 Å². The summed E-state index contributed by atoms with van der Waals surface area (Å²) in [6, 6.07) is 7.63. The van der Waals surface area contributed by atoms with Crippen LogP contribution in [0.3, 0.4) is 0 Å². The number of anilines is 1. The molecule has 0 bridgehead atoms. The van der Waals surface area contributed by atoms with Gasteiger partial charge >= 0.3 is 0 Å². The average Bonchev–Trinajstić information content (AvgIpc) is 2.38. The predicted octanol–water partition coefficient (Wildman–Crippen LogP) is 0.271. The molecule has 0 spiro atoms. The number of halogens is 1. The van der Waals surface area contributed by atoms with Crippen molar-refractivity contribution in [3.8, 4) is 0 Å². The molecule has 0 heterocycles. The van der Waals surface area contributed by atoms with Gasteiger partial charge in [-0.2, -0.15) is 0 Å². The van der Waals surface area contributed by atoms with Crippen molar-refractivity contribution in [2.24, 2.45) is 0 Å². The molecule has 0 aliphatic carbocycles. The average molecular weight is 390 g/mol. The minimum atomic E-state index is -0.0758. The highest BCUT2D eigenvalue weighted by atomic mass is 127. The first-order chi connectivity index (χ1) is 9.55. The van der Waals surface area contributed by atoms with E-state index < -0.39 is 0 Å². The van der Waals surface area contributed by atoms with E-state index in [-0.39, 0.29) is 11.8 Å². The van der Waals surface area contributed by atoms with E-state index in [1.165, 1.54) is 0 Å². The summed E-state index contributed by atoms with van der Waals surface area (Å²) < 4.78 is 1.07. The summed E-state index contributed by atoms with van der Waals surface area (Å²) >= 11 is 2.20. The van der Waals surface area contributed by atoms with Crippen molar-refractivity contribution >= 4 is 40.1 Å². The highest BCUT2D eigenvalue weighted by Crippen LogP contribution is 2.11. The van der Waals surface area contributed by atoms with E-state index in [0.29, 0.717) is 19.6 Å². The quantitative estimate of drug-likeness (QED) is 0.586. The molecule has 1 aromatic carbocycles. The normalized spacial score (nSPS) is 11.8. The highest BCUT2D eigenvalue weighted by molar-refractivity contribution is 14.1. The summed E-state index contributed by atoms with van der Waals surface area (Å²) in [5.41, 5.74) is 0.787. The lowest BCUT2D eigenvalue weighted by atomic mass is 10.3. The maximum atomic E-state index is 12.0. The zero-order valence-corrected chi connectivity index (χ0v) is 14.0. The Morgan fingerprint density at radius 1 is 1.20 bits per heavy atom. The Bertz CT molecular complexity index is 465. The van der Waals surface area contributed by atoms with Crippen molar-refractivity contribution in [3.63, 3.8) is 0 Å². The van der Waals surface area contributed by atoms with Crippen LogP contribution in [0.15, 0.2) is 24.3 Å². The first-order valence-corrected chi connectivity index (χ1v) is 7.78. The number of quaternary nitrogens is 1. The van der Waals surface area contributed by atoms with Crippen LogP contribution in [0.4, 0.5) is 5.69 Å². The third kappa shape index (κ3) is 6.33. The van der Waals surface area contributed by atoms with Gasteiger partial charge in [-0.25, -0.2) is 0 Å². The minimum absolute atomic E-state index is 0.0218. The summed E-state index contributed by atoms with van der Waals surface area (Å²) in [5, 5.41) is 5.60. The van der Waals surface area contributed by atoms with Gasteiger partial charge in [-0.05, 0) is 54.6 Å². The molecule has 1 rings (SSSR count). The molecule has 1 aromatic rings. The summed E-state index contributed by atoms with van der Waals surface area (Å²) in [6.07, 6.45) is 0. The zero-order valence-electron chi connectivity index (χ0n) is 11.8. The van der Waals surface area contributed by atoms with Gasteiger partial charge in [0, 0.05) is 15.8 Å². The first-order valence-electron chi connectivity index (χ1n) is 6.70. The molecule has 0 aliphatic rings. The molecule has 6 heteroatoms. The van der Waals surface area contributed by atoms with Crippen LogP contribution in [-0.2, 0) is 9.59 Å². The van der Waals surface area contributed by atoms with Crippen LogP contribution in [0, 0.1) is 3.57 Å². The van der Waals surface area contributed by atoms with E-state index in [4.69, 9.17) is 0 Å². The Morgan fingerprint density at radius 3 is 2.50 bits per heavy atom. The van der Waals surface area contributed by atoms with Crippen molar-refractivity contribution in [1.82, 2.24) is 5.32 Å². The van der Waals surface area contributed by atoms with Crippen molar-refractivity contribution in [2.75, 3.05) is 31.5 Å². The Morgan fingerprint density at radius 2 is 1.90 bits per heavy atom. The Labute approximate surface area is 133 Å². The highest BCUT2D eigenvalue weighted by Gasteiger charge is 2.16. The van der Waals surface area contributed by atoms with Crippen LogP contribution in [0.2, 0.25) is 0 Å². The summed E-state index contributed by atoms with van der Waals surface area (Å²) in [6.45, 7) is 5.81. The molecule has 0 aromatic heterocycles. The van der Waals surface area contributed by atoms with Gasteiger partial charge in [0.1, 0.15) is 0 Å². The largest absolute Gasteiger partial charge is 0.351 e. The van der Waals surface area contributed by atoms with E-state index in [2.05, 4.69) is 33.2 Å². The maximum Gasteiger partial charge on any atom is 0.279 e. The first kappa shape index (κ1) is 16.9. The molecule has 1 atom stereocenters. The zero-order chi connectivity index (χ0) is 15.0. The number of carbonyl (C=O) groups is 2. The lowest BCUT2D eigenvalue weighted by Crippen LogP contribution is -3.14. The third-order valence-corrected chi connectivity index (χ3v) is 3.47. The fraction of sp³-hybridized carbons (Fsp3) is 0.429. The maximum absolute atomic E-state index is 12.0. The monoisotopic (exact) mass is 390 g/mol. The molecule has 0 aliphatic heterocycles. The number of hydrogen-bond acceptors (Lipinski definition) is 2. The number of nitrogens with one attached hydrogen (secondary N) is 3. The second-order valence-corrected chi connectivity index (χ2v) is 5.71. The van der Waals surface area contributed by atoms with Crippen LogP contribution in [0.25, 0.3) is 0 Å². The number of benzene rings is 1. The molecule has 3 N–H and O–H groups in total. The molecule has 2 amide bonds. The molecule has 0 saturated heterocycles. The lowest BCUT2D eigenvalue weighted by molar-refractivity contribution is -0.881. The van der Waals surface area contributed by atoms with Crippen molar-refractivity contribution < 1.29 is 14.5 Å². The number of rotatable bonds is 7. The van der Waals surface area contributed by atoms with Crippen molar-refractivity contribution in [3.05, 3.63) is 27.8 Å². The third-order valence-electron chi connectivity index (χ3n) is 2.80. The van der Waals surface area contributed by atoms with E-state index >= 15 is 0 Å². The molecule has 20 heavy (non-hydrogen) atoms. The molecule has 0 fully saturated rings. The minimum Gasteiger partial charge on any atom is -0.351 e. The van der Waals surface area contributed by atoms with E-state index in [0.717, 1.165) is 20.7 Å². The topological polar surface area (TPSA) is 62.6 Å². The molecular formula is C14H21IN3O2+. The van der Waals surface area contributed by atoms with Gasteiger partial charge in [-0.1, -0.05) is 6.07 Å². The van der Waals surface area contributed by atoms with Crippen LogP contribution < -0.4 is 15.5 Å². The number of amides is 2. The van der Waals surface area contributed by atoms with Gasteiger partial charge in [-0.15, -0.1) is 0 Å². The second-order valence-electron chi connectivity index (χ2n) is 4.47. The molecule has 0 saturated carbocycles. The fourth-order valence-corrected chi connectivity index (χ4v) is 2.34. The van der Waals surface area contributed by atoms with Crippen LogP contribution >= 0.6 is 22.6 Å². The fourth-order valence-electron chi connectivity index (χ4n) is 1.80. The van der Waals surface area contributed by atoms with Crippen molar-refractivity contribution in [1.29, 1.82) is 0 Å². The lowest BCUT2D eigenvalue weighted by Gasteiger charge is -2.16. The number of likely N-dealkylation sites (N-methyl/N-ethyl adjacent to an activating group) is 2. The second kappa shape index (κ2) is 8.91. The Hall–Kier alpha value is -1.15. The van der Waals surface area contributed by atoms with Crippen LogP contribution in [-0.4, -0.2) is 38.0 Å². The smallest absolute Gasteiger partial charge is 0.279 e. The predicted molar refractivity (Wildman–Crippen MR) is 87.7 cm³/mol. The molecule has 110 valence electrons. The Kier molecular flexibility index (Phi) is 7.53.